The Bertz CT molecular complexity index is 654. The summed E-state index contributed by atoms with van der Waals surface area (Å²) < 4.78 is 1.87. The van der Waals surface area contributed by atoms with E-state index in [0.717, 1.165) is 38.2 Å². The van der Waals surface area contributed by atoms with E-state index in [1.54, 1.807) is 12.4 Å². The Morgan fingerprint density at radius 2 is 2.29 bits per heavy atom. The average Bonchev–Trinajstić information content (AvgIpc) is 2.99. The van der Waals surface area contributed by atoms with Crippen LogP contribution in [0.25, 0.3) is 0 Å². The molecular formula is C18H25N5O. The standard InChI is InChI=1S/C18H25N5O/c1-15-6-9-20-23(15)11-7-18(24)21-17-5-3-10-22(14-17)13-16-4-2-8-19-12-16/h2,4,6,8-9,12,17H,3,5,7,10-11,13-14H2,1H3,(H,21,24)/t17-/m0/s1. The minimum absolute atomic E-state index is 0.109. The maximum atomic E-state index is 12.2. The van der Waals surface area contributed by atoms with Gasteiger partial charge in [-0.3, -0.25) is 19.4 Å². The van der Waals surface area contributed by atoms with Crippen LogP contribution in [0.2, 0.25) is 0 Å². The Hall–Kier alpha value is -2.21. The second kappa shape index (κ2) is 8.06. The molecule has 1 aliphatic heterocycles. The minimum atomic E-state index is 0.109. The lowest BCUT2D eigenvalue weighted by molar-refractivity contribution is -0.122. The fourth-order valence-electron chi connectivity index (χ4n) is 3.21. The van der Waals surface area contributed by atoms with Crippen molar-refractivity contribution >= 4 is 5.91 Å². The predicted molar refractivity (Wildman–Crippen MR) is 92.3 cm³/mol. The number of aromatic nitrogens is 3. The van der Waals surface area contributed by atoms with Crippen molar-refractivity contribution in [2.45, 2.75) is 45.3 Å². The number of nitrogens with zero attached hydrogens (tertiary/aromatic N) is 4. The highest BCUT2D eigenvalue weighted by Gasteiger charge is 2.21. The van der Waals surface area contributed by atoms with Gasteiger partial charge in [-0.25, -0.2) is 0 Å². The fourth-order valence-corrected chi connectivity index (χ4v) is 3.21. The molecule has 0 saturated carbocycles. The molecule has 0 radical (unpaired) electrons. The molecule has 1 atom stereocenters. The van der Waals surface area contributed by atoms with Gasteiger partial charge in [-0.15, -0.1) is 0 Å². The zero-order valence-corrected chi connectivity index (χ0v) is 14.2. The van der Waals surface area contributed by atoms with Crippen molar-refractivity contribution in [3.8, 4) is 0 Å². The third-order valence-corrected chi connectivity index (χ3v) is 4.48. The van der Waals surface area contributed by atoms with Crippen molar-refractivity contribution in [2.75, 3.05) is 13.1 Å². The lowest BCUT2D eigenvalue weighted by Gasteiger charge is -2.33. The summed E-state index contributed by atoms with van der Waals surface area (Å²) in [5, 5.41) is 7.40. The topological polar surface area (TPSA) is 63.1 Å². The summed E-state index contributed by atoms with van der Waals surface area (Å²) in [5.74, 6) is 0.109. The van der Waals surface area contributed by atoms with Crippen LogP contribution >= 0.6 is 0 Å². The van der Waals surface area contributed by atoms with Crippen LogP contribution in [-0.4, -0.2) is 44.7 Å². The monoisotopic (exact) mass is 327 g/mol. The van der Waals surface area contributed by atoms with Gasteiger partial charge in [0.2, 0.25) is 5.91 Å². The molecule has 1 aliphatic rings. The molecule has 6 nitrogen and oxygen atoms in total. The maximum absolute atomic E-state index is 12.2. The quantitative estimate of drug-likeness (QED) is 0.878. The highest BCUT2D eigenvalue weighted by molar-refractivity contribution is 5.76. The largest absolute Gasteiger partial charge is 0.352 e. The third-order valence-electron chi connectivity index (χ3n) is 4.48. The van der Waals surface area contributed by atoms with E-state index in [0.29, 0.717) is 13.0 Å². The van der Waals surface area contributed by atoms with Crippen LogP contribution in [0, 0.1) is 6.92 Å². The highest BCUT2D eigenvalue weighted by atomic mass is 16.1. The van der Waals surface area contributed by atoms with Crippen molar-refractivity contribution < 1.29 is 4.79 Å². The molecule has 128 valence electrons. The molecule has 6 heteroatoms. The Labute approximate surface area is 142 Å². The van der Waals surface area contributed by atoms with E-state index in [1.807, 2.05) is 29.9 Å². The molecule has 24 heavy (non-hydrogen) atoms. The van der Waals surface area contributed by atoms with E-state index in [1.165, 1.54) is 5.56 Å². The molecule has 0 spiro atoms. The molecule has 1 saturated heterocycles. The van der Waals surface area contributed by atoms with Crippen molar-refractivity contribution in [1.82, 2.24) is 25.0 Å². The molecule has 0 unspecified atom stereocenters. The van der Waals surface area contributed by atoms with Gasteiger partial charge in [0.1, 0.15) is 0 Å². The van der Waals surface area contributed by atoms with Gasteiger partial charge < -0.3 is 5.32 Å². The molecule has 2 aromatic heterocycles. The summed E-state index contributed by atoms with van der Waals surface area (Å²) in [5.41, 5.74) is 2.31. The van der Waals surface area contributed by atoms with E-state index in [2.05, 4.69) is 26.4 Å². The number of piperidine rings is 1. The van der Waals surface area contributed by atoms with Crippen LogP contribution in [0.1, 0.15) is 30.5 Å². The number of amides is 1. The van der Waals surface area contributed by atoms with Crippen LogP contribution in [0.5, 0.6) is 0 Å². The maximum Gasteiger partial charge on any atom is 0.222 e. The van der Waals surface area contributed by atoms with Crippen LogP contribution < -0.4 is 5.32 Å². The third kappa shape index (κ3) is 4.64. The zero-order valence-electron chi connectivity index (χ0n) is 14.2. The number of nitrogens with one attached hydrogen (secondary N) is 1. The van der Waals surface area contributed by atoms with Gasteiger partial charge in [0, 0.05) is 56.4 Å². The number of rotatable bonds is 6. The number of carbonyl (C=O) groups excluding carboxylic acids is 1. The van der Waals surface area contributed by atoms with Gasteiger partial charge in [-0.05, 0) is 44.0 Å². The molecule has 3 heterocycles. The molecule has 0 aromatic carbocycles. The first kappa shape index (κ1) is 16.6. The van der Waals surface area contributed by atoms with E-state index < -0.39 is 0 Å². The number of hydrogen-bond donors (Lipinski definition) is 1. The van der Waals surface area contributed by atoms with Crippen molar-refractivity contribution in [2.24, 2.45) is 0 Å². The van der Waals surface area contributed by atoms with Gasteiger partial charge in [0.15, 0.2) is 0 Å². The number of hydrogen-bond acceptors (Lipinski definition) is 4. The van der Waals surface area contributed by atoms with Gasteiger partial charge in [-0.2, -0.15) is 5.10 Å². The summed E-state index contributed by atoms with van der Waals surface area (Å²) in [7, 11) is 0. The molecule has 1 fully saturated rings. The summed E-state index contributed by atoms with van der Waals surface area (Å²) >= 11 is 0. The fraction of sp³-hybridized carbons (Fsp3) is 0.500. The first-order chi connectivity index (χ1) is 11.7. The normalized spacial score (nSPS) is 18.5. The molecule has 1 N–H and O–H groups in total. The Kier molecular flexibility index (Phi) is 5.59. The zero-order chi connectivity index (χ0) is 16.8. The smallest absolute Gasteiger partial charge is 0.222 e. The first-order valence-electron chi connectivity index (χ1n) is 8.60. The summed E-state index contributed by atoms with van der Waals surface area (Å²) in [6, 6.07) is 6.26. The number of likely N-dealkylation sites (tertiary alicyclic amines) is 1. The lowest BCUT2D eigenvalue weighted by atomic mass is 10.0. The summed E-state index contributed by atoms with van der Waals surface area (Å²) in [6.45, 7) is 5.51. The highest BCUT2D eigenvalue weighted by Crippen LogP contribution is 2.13. The molecule has 0 aliphatic carbocycles. The van der Waals surface area contributed by atoms with E-state index >= 15 is 0 Å². The molecule has 1 amide bonds. The second-order valence-corrected chi connectivity index (χ2v) is 6.45. The minimum Gasteiger partial charge on any atom is -0.352 e. The van der Waals surface area contributed by atoms with Gasteiger partial charge >= 0.3 is 0 Å². The van der Waals surface area contributed by atoms with Gasteiger partial charge in [0.05, 0.1) is 0 Å². The van der Waals surface area contributed by atoms with Crippen molar-refractivity contribution in [1.29, 1.82) is 0 Å². The summed E-state index contributed by atoms with van der Waals surface area (Å²) in [4.78, 5) is 18.8. The van der Waals surface area contributed by atoms with Crippen LogP contribution in [0.4, 0.5) is 0 Å². The van der Waals surface area contributed by atoms with Gasteiger partial charge in [-0.1, -0.05) is 6.07 Å². The number of carbonyl (C=O) groups is 1. The van der Waals surface area contributed by atoms with Crippen molar-refractivity contribution in [3.05, 3.63) is 48.0 Å². The van der Waals surface area contributed by atoms with E-state index in [4.69, 9.17) is 0 Å². The first-order valence-corrected chi connectivity index (χ1v) is 8.60. The average molecular weight is 327 g/mol. The SMILES string of the molecule is Cc1ccnn1CCC(=O)N[C@H]1CCCN(Cc2cccnc2)C1. The number of aryl methyl sites for hydroxylation is 2. The predicted octanol–water partition coefficient (Wildman–Crippen LogP) is 1.76. The second-order valence-electron chi connectivity index (χ2n) is 6.45. The van der Waals surface area contributed by atoms with Gasteiger partial charge in [0.25, 0.3) is 0 Å². The summed E-state index contributed by atoms with van der Waals surface area (Å²) in [6.07, 6.45) is 8.12. The molecule has 3 rings (SSSR count). The Morgan fingerprint density at radius 3 is 3.04 bits per heavy atom. The Balaban J connectivity index is 1.44. The Morgan fingerprint density at radius 1 is 1.38 bits per heavy atom. The number of pyridine rings is 1. The molecule has 2 aromatic rings. The van der Waals surface area contributed by atoms with Crippen LogP contribution in [0.3, 0.4) is 0 Å². The van der Waals surface area contributed by atoms with Crippen LogP contribution in [0.15, 0.2) is 36.8 Å². The van der Waals surface area contributed by atoms with E-state index in [9.17, 15) is 4.79 Å². The lowest BCUT2D eigenvalue weighted by Crippen LogP contribution is -2.47. The van der Waals surface area contributed by atoms with E-state index in [-0.39, 0.29) is 11.9 Å². The molecule has 0 bridgehead atoms. The molecular weight excluding hydrogens is 302 g/mol. The van der Waals surface area contributed by atoms with Crippen LogP contribution in [-0.2, 0) is 17.9 Å². The van der Waals surface area contributed by atoms with Crippen molar-refractivity contribution in [3.63, 3.8) is 0 Å².